The van der Waals surface area contributed by atoms with E-state index >= 15 is 0 Å². The molecule has 2 rings (SSSR count). The fourth-order valence-corrected chi connectivity index (χ4v) is 1.84. The van der Waals surface area contributed by atoms with Crippen LogP contribution in [0.1, 0.15) is 17.2 Å². The van der Waals surface area contributed by atoms with E-state index in [2.05, 4.69) is 5.32 Å². The van der Waals surface area contributed by atoms with Crippen molar-refractivity contribution >= 4 is 5.91 Å². The zero-order valence-corrected chi connectivity index (χ0v) is 10.7. The topological polar surface area (TPSA) is 52.9 Å². The third-order valence-corrected chi connectivity index (χ3v) is 2.85. The van der Waals surface area contributed by atoms with Gasteiger partial charge < -0.3 is 5.32 Å². The predicted octanol–water partition coefficient (Wildman–Crippen LogP) is 2.75. The molecule has 0 radical (unpaired) electrons. The molecule has 0 bridgehead atoms. The van der Waals surface area contributed by atoms with Crippen LogP contribution in [0.4, 0.5) is 4.39 Å². The van der Waals surface area contributed by atoms with E-state index in [9.17, 15) is 9.18 Å². The molecule has 0 heterocycles. The summed E-state index contributed by atoms with van der Waals surface area (Å²) < 4.78 is 12.8. The molecule has 100 valence electrons. The van der Waals surface area contributed by atoms with Gasteiger partial charge in [0.05, 0.1) is 12.5 Å². The molecule has 0 fully saturated rings. The first kappa shape index (κ1) is 13.8. The summed E-state index contributed by atoms with van der Waals surface area (Å²) in [4.78, 5) is 11.9. The highest BCUT2D eigenvalue weighted by Crippen LogP contribution is 2.13. The van der Waals surface area contributed by atoms with Gasteiger partial charge >= 0.3 is 0 Å². The Balaban J connectivity index is 2.02. The summed E-state index contributed by atoms with van der Waals surface area (Å²) in [6.45, 7) is 0. The maximum Gasteiger partial charge on any atom is 0.225 e. The van der Waals surface area contributed by atoms with E-state index in [0.29, 0.717) is 5.56 Å². The van der Waals surface area contributed by atoms with E-state index in [1.165, 1.54) is 24.3 Å². The largest absolute Gasteiger partial charge is 0.336 e. The third-order valence-electron chi connectivity index (χ3n) is 2.85. The molecule has 2 aromatic carbocycles. The van der Waals surface area contributed by atoms with Crippen molar-refractivity contribution in [2.75, 3.05) is 0 Å². The number of halogens is 1. The predicted molar refractivity (Wildman–Crippen MR) is 73.0 cm³/mol. The molecule has 2 aromatic rings. The van der Waals surface area contributed by atoms with Gasteiger partial charge in [-0.15, -0.1) is 0 Å². The van der Waals surface area contributed by atoms with Crippen LogP contribution in [0.3, 0.4) is 0 Å². The second-order valence-electron chi connectivity index (χ2n) is 4.34. The van der Waals surface area contributed by atoms with Crippen LogP contribution < -0.4 is 5.32 Å². The molecule has 0 spiro atoms. The smallest absolute Gasteiger partial charge is 0.225 e. The Bertz CT molecular complexity index is 617. The first-order valence-electron chi connectivity index (χ1n) is 6.17. The molecule has 0 aliphatic rings. The van der Waals surface area contributed by atoms with Crippen molar-refractivity contribution < 1.29 is 9.18 Å². The van der Waals surface area contributed by atoms with Gasteiger partial charge in [0.1, 0.15) is 11.9 Å². The molecular weight excluding hydrogens is 255 g/mol. The molecule has 1 amide bonds. The van der Waals surface area contributed by atoms with Gasteiger partial charge in [0.15, 0.2) is 0 Å². The number of nitrogens with zero attached hydrogens (tertiary/aromatic N) is 1. The number of rotatable bonds is 4. The van der Waals surface area contributed by atoms with Crippen molar-refractivity contribution in [2.24, 2.45) is 0 Å². The Morgan fingerprint density at radius 2 is 1.80 bits per heavy atom. The zero-order chi connectivity index (χ0) is 14.4. The van der Waals surface area contributed by atoms with Crippen LogP contribution in [0.2, 0.25) is 0 Å². The van der Waals surface area contributed by atoms with Gasteiger partial charge in [-0.3, -0.25) is 4.79 Å². The number of nitrogens with one attached hydrogen (secondary N) is 1. The Hall–Kier alpha value is -2.67. The first-order chi connectivity index (χ1) is 9.69. The van der Waals surface area contributed by atoms with Crippen LogP contribution in [0.25, 0.3) is 0 Å². The zero-order valence-electron chi connectivity index (χ0n) is 10.7. The monoisotopic (exact) mass is 268 g/mol. The Labute approximate surface area is 116 Å². The number of hydrogen-bond acceptors (Lipinski definition) is 2. The highest BCUT2D eigenvalue weighted by Gasteiger charge is 2.14. The lowest BCUT2D eigenvalue weighted by Gasteiger charge is -2.12. The Morgan fingerprint density at radius 1 is 1.15 bits per heavy atom. The van der Waals surface area contributed by atoms with E-state index in [4.69, 9.17) is 5.26 Å². The molecule has 0 aliphatic carbocycles. The minimum atomic E-state index is -0.771. The van der Waals surface area contributed by atoms with Gasteiger partial charge in [0.2, 0.25) is 5.91 Å². The normalized spacial score (nSPS) is 11.4. The average Bonchev–Trinajstić information content (AvgIpc) is 2.47. The van der Waals surface area contributed by atoms with Crippen molar-refractivity contribution in [2.45, 2.75) is 12.5 Å². The second kappa shape index (κ2) is 6.48. The molecule has 1 N–H and O–H groups in total. The van der Waals surface area contributed by atoms with Gasteiger partial charge in [-0.1, -0.05) is 42.5 Å². The number of amides is 1. The van der Waals surface area contributed by atoms with Crippen molar-refractivity contribution in [1.82, 2.24) is 5.32 Å². The number of hydrogen-bond donors (Lipinski definition) is 1. The van der Waals surface area contributed by atoms with Crippen LogP contribution in [-0.4, -0.2) is 5.91 Å². The van der Waals surface area contributed by atoms with Crippen molar-refractivity contribution in [1.29, 1.82) is 5.26 Å². The van der Waals surface area contributed by atoms with Gasteiger partial charge in [0, 0.05) is 0 Å². The number of carbonyl (C=O) groups excluding carboxylic acids is 1. The van der Waals surface area contributed by atoms with Gasteiger partial charge in [0.25, 0.3) is 0 Å². The van der Waals surface area contributed by atoms with Crippen molar-refractivity contribution in [3.05, 3.63) is 71.5 Å². The standard InChI is InChI=1S/C16H13FN2O/c17-14-8-6-13(7-9-14)15(11-18)19-16(20)10-12-4-2-1-3-5-12/h1-9,15H,10H2,(H,19,20). The highest BCUT2D eigenvalue weighted by atomic mass is 19.1. The lowest BCUT2D eigenvalue weighted by Crippen LogP contribution is -2.29. The lowest BCUT2D eigenvalue weighted by molar-refractivity contribution is -0.120. The van der Waals surface area contributed by atoms with Crippen LogP contribution in [-0.2, 0) is 11.2 Å². The third kappa shape index (κ3) is 3.66. The molecule has 4 heteroatoms. The molecule has 1 unspecified atom stereocenters. The molecule has 1 atom stereocenters. The number of carbonyl (C=O) groups is 1. The fraction of sp³-hybridized carbons (Fsp3) is 0.125. The average molecular weight is 268 g/mol. The summed E-state index contributed by atoms with van der Waals surface area (Å²) in [5.41, 5.74) is 1.44. The maximum atomic E-state index is 12.8. The second-order valence-corrected chi connectivity index (χ2v) is 4.34. The molecule has 0 saturated carbocycles. The van der Waals surface area contributed by atoms with Crippen LogP contribution in [0.15, 0.2) is 54.6 Å². The summed E-state index contributed by atoms with van der Waals surface area (Å²) in [7, 11) is 0. The van der Waals surface area contributed by atoms with E-state index in [1.54, 1.807) is 0 Å². The van der Waals surface area contributed by atoms with E-state index in [0.717, 1.165) is 5.56 Å². The van der Waals surface area contributed by atoms with Gasteiger partial charge in [-0.05, 0) is 23.3 Å². The van der Waals surface area contributed by atoms with Gasteiger partial charge in [-0.25, -0.2) is 4.39 Å². The minimum Gasteiger partial charge on any atom is -0.336 e. The highest BCUT2D eigenvalue weighted by molar-refractivity contribution is 5.79. The summed E-state index contributed by atoms with van der Waals surface area (Å²) in [6, 6.07) is 16.0. The molecule has 0 aliphatic heterocycles. The summed E-state index contributed by atoms with van der Waals surface area (Å²) in [5.74, 6) is -0.617. The Kier molecular flexibility index (Phi) is 4.46. The number of nitriles is 1. The summed E-state index contributed by atoms with van der Waals surface area (Å²) in [5, 5.41) is 11.7. The molecule has 0 aromatic heterocycles. The summed E-state index contributed by atoms with van der Waals surface area (Å²) in [6.07, 6.45) is 0.209. The van der Waals surface area contributed by atoms with E-state index in [1.807, 2.05) is 36.4 Å². The maximum absolute atomic E-state index is 12.8. The minimum absolute atomic E-state index is 0.209. The molecule has 20 heavy (non-hydrogen) atoms. The van der Waals surface area contributed by atoms with E-state index in [-0.39, 0.29) is 18.1 Å². The number of benzene rings is 2. The molecule has 3 nitrogen and oxygen atoms in total. The van der Waals surface area contributed by atoms with Crippen LogP contribution in [0, 0.1) is 17.1 Å². The van der Waals surface area contributed by atoms with Gasteiger partial charge in [-0.2, -0.15) is 5.26 Å². The van der Waals surface area contributed by atoms with Crippen LogP contribution >= 0.6 is 0 Å². The summed E-state index contributed by atoms with van der Waals surface area (Å²) >= 11 is 0. The van der Waals surface area contributed by atoms with Crippen LogP contribution in [0.5, 0.6) is 0 Å². The lowest BCUT2D eigenvalue weighted by atomic mass is 10.1. The fourth-order valence-electron chi connectivity index (χ4n) is 1.84. The Morgan fingerprint density at radius 3 is 2.40 bits per heavy atom. The molecular formula is C16H13FN2O. The van der Waals surface area contributed by atoms with E-state index < -0.39 is 6.04 Å². The van der Waals surface area contributed by atoms with Crippen molar-refractivity contribution in [3.63, 3.8) is 0 Å². The molecule has 0 saturated heterocycles. The first-order valence-corrected chi connectivity index (χ1v) is 6.17. The quantitative estimate of drug-likeness (QED) is 0.927. The SMILES string of the molecule is N#CC(NC(=O)Cc1ccccc1)c1ccc(F)cc1. The van der Waals surface area contributed by atoms with Crippen molar-refractivity contribution in [3.8, 4) is 6.07 Å².